The largest absolute Gasteiger partial charge is 0.474 e. The van der Waals surface area contributed by atoms with Gasteiger partial charge in [-0.3, -0.25) is 4.79 Å². The van der Waals surface area contributed by atoms with Crippen LogP contribution < -0.4 is 4.74 Å². The summed E-state index contributed by atoms with van der Waals surface area (Å²) in [6, 6.07) is 17.2. The highest BCUT2D eigenvalue weighted by atomic mass is 16.5. The summed E-state index contributed by atoms with van der Waals surface area (Å²) in [7, 11) is 0. The van der Waals surface area contributed by atoms with E-state index in [1.807, 2.05) is 73.3 Å². The van der Waals surface area contributed by atoms with Crippen LogP contribution in [0.1, 0.15) is 34.7 Å². The number of nitrogens with zero attached hydrogens (tertiary/aromatic N) is 4. The molecule has 7 nitrogen and oxygen atoms in total. The number of hydrogen-bond acceptors (Lipinski definition) is 6. The van der Waals surface area contributed by atoms with Crippen molar-refractivity contribution in [1.29, 1.82) is 0 Å². The molecule has 1 fully saturated rings. The second-order valence-corrected chi connectivity index (χ2v) is 8.11. The number of benzene rings is 2. The Balaban J connectivity index is 1.29. The minimum Gasteiger partial charge on any atom is -0.474 e. The zero-order chi connectivity index (χ0) is 22.1. The Bertz CT molecular complexity index is 1240. The van der Waals surface area contributed by atoms with Crippen molar-refractivity contribution >= 4 is 16.8 Å². The van der Waals surface area contributed by atoms with E-state index in [1.165, 1.54) is 0 Å². The van der Waals surface area contributed by atoms with E-state index in [-0.39, 0.29) is 12.0 Å². The van der Waals surface area contributed by atoms with Gasteiger partial charge in [0.25, 0.3) is 5.91 Å². The third-order valence-corrected chi connectivity index (χ3v) is 5.72. The first-order valence-corrected chi connectivity index (χ1v) is 10.8. The maximum atomic E-state index is 13.2. The van der Waals surface area contributed by atoms with Crippen molar-refractivity contribution < 1.29 is 14.1 Å². The molecule has 1 saturated heterocycles. The minimum atomic E-state index is 0.0132. The van der Waals surface area contributed by atoms with Gasteiger partial charge in [-0.25, -0.2) is 4.98 Å². The quantitative estimate of drug-likeness (QED) is 0.473. The number of likely N-dealkylation sites (tertiary alicyclic amines) is 1. The highest BCUT2D eigenvalue weighted by Gasteiger charge is 2.26. The van der Waals surface area contributed by atoms with Gasteiger partial charge in [0, 0.05) is 48.8 Å². The van der Waals surface area contributed by atoms with Crippen LogP contribution in [-0.4, -0.2) is 45.1 Å². The molecule has 32 heavy (non-hydrogen) atoms. The van der Waals surface area contributed by atoms with Crippen molar-refractivity contribution in [2.45, 2.75) is 32.8 Å². The van der Waals surface area contributed by atoms with E-state index < -0.39 is 0 Å². The lowest BCUT2D eigenvalue weighted by atomic mass is 10.0. The van der Waals surface area contributed by atoms with Crippen LogP contribution in [0.4, 0.5) is 0 Å². The first-order valence-electron chi connectivity index (χ1n) is 10.8. The van der Waals surface area contributed by atoms with Gasteiger partial charge < -0.3 is 14.2 Å². The molecule has 1 aliphatic rings. The first-order chi connectivity index (χ1) is 15.6. The van der Waals surface area contributed by atoms with Gasteiger partial charge in [-0.15, -0.1) is 0 Å². The highest BCUT2D eigenvalue weighted by molar-refractivity contribution is 6.01. The third kappa shape index (κ3) is 4.06. The van der Waals surface area contributed by atoms with Gasteiger partial charge in [0.1, 0.15) is 17.4 Å². The zero-order valence-electron chi connectivity index (χ0n) is 18.1. The average molecular weight is 428 g/mol. The van der Waals surface area contributed by atoms with Gasteiger partial charge in [0.05, 0.1) is 5.39 Å². The first kappa shape index (κ1) is 20.2. The Kier molecular flexibility index (Phi) is 5.31. The normalized spacial score (nSPS) is 14.6. The molecule has 0 radical (unpaired) electrons. The Labute approximate surface area is 186 Å². The van der Waals surface area contributed by atoms with Gasteiger partial charge in [-0.1, -0.05) is 35.5 Å². The molecular weight excluding hydrogens is 404 g/mol. The summed E-state index contributed by atoms with van der Waals surface area (Å²) in [6.07, 6.45) is 1.56. The monoisotopic (exact) mass is 428 g/mol. The van der Waals surface area contributed by atoms with Crippen molar-refractivity contribution in [1.82, 2.24) is 20.0 Å². The third-order valence-electron chi connectivity index (χ3n) is 5.72. The van der Waals surface area contributed by atoms with E-state index in [0.717, 1.165) is 35.0 Å². The summed E-state index contributed by atoms with van der Waals surface area (Å²) >= 11 is 0. The van der Waals surface area contributed by atoms with Gasteiger partial charge in [0.2, 0.25) is 5.88 Å². The van der Waals surface area contributed by atoms with E-state index in [4.69, 9.17) is 9.26 Å². The van der Waals surface area contributed by atoms with Crippen LogP contribution in [0.5, 0.6) is 5.88 Å². The van der Waals surface area contributed by atoms with Crippen LogP contribution >= 0.6 is 0 Å². The van der Waals surface area contributed by atoms with E-state index in [2.05, 4.69) is 15.1 Å². The summed E-state index contributed by atoms with van der Waals surface area (Å²) < 4.78 is 11.6. The Morgan fingerprint density at radius 2 is 1.81 bits per heavy atom. The van der Waals surface area contributed by atoms with Crippen molar-refractivity contribution in [3.8, 4) is 17.2 Å². The summed E-state index contributed by atoms with van der Waals surface area (Å²) in [6.45, 7) is 5.06. The summed E-state index contributed by atoms with van der Waals surface area (Å²) in [5.41, 5.74) is 3.20. The molecule has 3 heterocycles. The second kappa shape index (κ2) is 8.42. The molecule has 2 aromatic heterocycles. The maximum Gasteiger partial charge on any atom is 0.253 e. The average Bonchev–Trinajstić information content (AvgIpc) is 3.22. The van der Waals surface area contributed by atoms with E-state index in [0.29, 0.717) is 36.1 Å². The Hall–Kier alpha value is -3.74. The number of hydrogen-bond donors (Lipinski definition) is 0. The lowest BCUT2D eigenvalue weighted by Crippen LogP contribution is -2.41. The Morgan fingerprint density at radius 1 is 1.03 bits per heavy atom. The maximum absolute atomic E-state index is 13.2. The number of rotatable bonds is 4. The molecule has 0 spiro atoms. The molecule has 0 N–H and O–H groups in total. The fraction of sp³-hybridized carbons (Fsp3) is 0.280. The summed E-state index contributed by atoms with van der Waals surface area (Å²) in [5, 5.41) is 4.99. The molecule has 4 aromatic rings. The molecule has 7 heteroatoms. The zero-order valence-corrected chi connectivity index (χ0v) is 18.1. The summed E-state index contributed by atoms with van der Waals surface area (Å²) in [5.74, 6) is 2.00. The molecule has 0 bridgehead atoms. The smallest absolute Gasteiger partial charge is 0.253 e. The number of aromatic nitrogens is 3. The van der Waals surface area contributed by atoms with Crippen LogP contribution in [-0.2, 0) is 0 Å². The molecule has 0 saturated carbocycles. The topological polar surface area (TPSA) is 81.4 Å². The SMILES string of the molecule is Cc1cc(OC2CCN(C(=O)c3ccc4noc(-c5ccccc5)c4c3)CC2)nc(C)n1. The van der Waals surface area contributed by atoms with Crippen LogP contribution in [0, 0.1) is 13.8 Å². The van der Waals surface area contributed by atoms with E-state index in [1.54, 1.807) is 0 Å². The minimum absolute atomic E-state index is 0.0132. The number of aryl methyl sites for hydroxylation is 2. The van der Waals surface area contributed by atoms with Gasteiger partial charge in [-0.05, 0) is 32.0 Å². The standard InChI is InChI=1S/C25H24N4O3/c1-16-14-23(27-17(2)26-16)31-20-10-12-29(13-11-20)25(30)19-8-9-22-21(15-19)24(32-28-22)18-6-4-3-5-7-18/h3-9,14-15,20H,10-13H2,1-2H3. The number of fused-ring (bicyclic) bond motifs is 1. The number of piperidine rings is 1. The van der Waals surface area contributed by atoms with Crippen molar-refractivity contribution in [3.63, 3.8) is 0 Å². The van der Waals surface area contributed by atoms with E-state index >= 15 is 0 Å². The predicted molar refractivity (Wildman–Crippen MR) is 121 cm³/mol. The fourth-order valence-corrected chi connectivity index (χ4v) is 4.15. The lowest BCUT2D eigenvalue weighted by molar-refractivity contribution is 0.0587. The fourth-order valence-electron chi connectivity index (χ4n) is 4.15. The summed E-state index contributed by atoms with van der Waals surface area (Å²) in [4.78, 5) is 23.7. The van der Waals surface area contributed by atoms with Crippen LogP contribution in [0.25, 0.3) is 22.2 Å². The predicted octanol–water partition coefficient (Wildman–Crippen LogP) is 4.59. The molecule has 1 aliphatic heterocycles. The molecule has 0 atom stereocenters. The molecule has 0 unspecified atom stereocenters. The van der Waals surface area contributed by atoms with E-state index in [9.17, 15) is 4.79 Å². The Morgan fingerprint density at radius 3 is 2.56 bits per heavy atom. The number of carbonyl (C=O) groups is 1. The molecule has 1 amide bonds. The lowest BCUT2D eigenvalue weighted by Gasteiger charge is -2.32. The second-order valence-electron chi connectivity index (χ2n) is 8.11. The number of ether oxygens (including phenoxy) is 1. The highest BCUT2D eigenvalue weighted by Crippen LogP contribution is 2.30. The van der Waals surface area contributed by atoms with Crippen LogP contribution in [0.15, 0.2) is 59.1 Å². The van der Waals surface area contributed by atoms with Gasteiger partial charge in [-0.2, -0.15) is 4.98 Å². The van der Waals surface area contributed by atoms with Crippen molar-refractivity contribution in [3.05, 3.63) is 71.7 Å². The number of amides is 1. The molecule has 0 aliphatic carbocycles. The van der Waals surface area contributed by atoms with Crippen molar-refractivity contribution in [2.75, 3.05) is 13.1 Å². The molecular formula is C25H24N4O3. The number of carbonyl (C=O) groups excluding carboxylic acids is 1. The van der Waals surface area contributed by atoms with Gasteiger partial charge in [0.15, 0.2) is 5.76 Å². The molecule has 5 rings (SSSR count). The van der Waals surface area contributed by atoms with Crippen LogP contribution in [0.3, 0.4) is 0 Å². The molecule has 2 aromatic carbocycles. The van der Waals surface area contributed by atoms with Gasteiger partial charge >= 0.3 is 0 Å². The van der Waals surface area contributed by atoms with Crippen molar-refractivity contribution in [2.24, 2.45) is 0 Å². The molecule has 162 valence electrons. The van der Waals surface area contributed by atoms with Crippen LogP contribution in [0.2, 0.25) is 0 Å².